The van der Waals surface area contributed by atoms with E-state index < -0.39 is 0 Å². The first-order valence-electron chi connectivity index (χ1n) is 7.01. The molecular weight excluding hydrogens is 252 g/mol. The molecule has 4 nitrogen and oxygen atoms in total. The van der Waals surface area contributed by atoms with Gasteiger partial charge in [0.1, 0.15) is 11.3 Å². The molecule has 106 valence electrons. The molecule has 20 heavy (non-hydrogen) atoms. The van der Waals surface area contributed by atoms with Crippen molar-refractivity contribution in [3.05, 3.63) is 35.5 Å². The fraction of sp³-hybridized carbons (Fsp3) is 0.438. The highest BCUT2D eigenvalue weighted by Crippen LogP contribution is 2.31. The largest absolute Gasteiger partial charge is 0.494 e. The summed E-state index contributed by atoms with van der Waals surface area (Å²) in [5, 5.41) is 1.18. The van der Waals surface area contributed by atoms with Crippen LogP contribution in [0.5, 0.6) is 5.75 Å². The summed E-state index contributed by atoms with van der Waals surface area (Å²) in [4.78, 5) is 6.93. The van der Waals surface area contributed by atoms with Crippen LogP contribution in [0.3, 0.4) is 0 Å². The molecule has 3 rings (SSSR count). The SMILES string of the molecule is COc1c(C)cc(CN2CCOCC2)c2cccnc12. The summed E-state index contributed by atoms with van der Waals surface area (Å²) in [6, 6.07) is 6.33. The predicted octanol–water partition coefficient (Wildman–Crippen LogP) is 2.38. The van der Waals surface area contributed by atoms with Crippen molar-refractivity contribution in [2.24, 2.45) is 0 Å². The van der Waals surface area contributed by atoms with Crippen LogP contribution in [0.1, 0.15) is 11.1 Å². The quantitative estimate of drug-likeness (QED) is 0.859. The minimum atomic E-state index is 0.825. The molecule has 0 atom stereocenters. The lowest BCUT2D eigenvalue weighted by Crippen LogP contribution is -2.35. The van der Waals surface area contributed by atoms with E-state index in [1.165, 1.54) is 10.9 Å². The number of aryl methyl sites for hydroxylation is 1. The van der Waals surface area contributed by atoms with Gasteiger partial charge in [-0.3, -0.25) is 9.88 Å². The lowest BCUT2D eigenvalue weighted by molar-refractivity contribution is 0.0343. The third-order valence-electron chi connectivity index (χ3n) is 3.82. The van der Waals surface area contributed by atoms with Crippen LogP contribution in [0.4, 0.5) is 0 Å². The highest BCUT2D eigenvalue weighted by Gasteiger charge is 2.15. The summed E-state index contributed by atoms with van der Waals surface area (Å²) in [6.45, 7) is 6.66. The van der Waals surface area contributed by atoms with Gasteiger partial charge in [-0.2, -0.15) is 0 Å². The first kappa shape index (κ1) is 13.3. The Labute approximate surface area is 119 Å². The van der Waals surface area contributed by atoms with Gasteiger partial charge in [0.25, 0.3) is 0 Å². The van der Waals surface area contributed by atoms with Gasteiger partial charge in [0.05, 0.1) is 20.3 Å². The number of morpholine rings is 1. The zero-order valence-electron chi connectivity index (χ0n) is 12.1. The van der Waals surface area contributed by atoms with Gasteiger partial charge in [-0.05, 0) is 24.1 Å². The van der Waals surface area contributed by atoms with E-state index in [1.807, 2.05) is 12.3 Å². The van der Waals surface area contributed by atoms with Crippen LogP contribution in [0.2, 0.25) is 0 Å². The van der Waals surface area contributed by atoms with Gasteiger partial charge in [0.2, 0.25) is 0 Å². The molecule has 0 radical (unpaired) electrons. The third-order valence-corrected chi connectivity index (χ3v) is 3.82. The highest BCUT2D eigenvalue weighted by atomic mass is 16.5. The minimum absolute atomic E-state index is 0.825. The van der Waals surface area contributed by atoms with Crippen molar-refractivity contribution in [3.63, 3.8) is 0 Å². The van der Waals surface area contributed by atoms with Crippen LogP contribution in [0.25, 0.3) is 10.9 Å². The molecule has 0 amide bonds. The topological polar surface area (TPSA) is 34.6 Å². The van der Waals surface area contributed by atoms with Crippen LogP contribution in [-0.4, -0.2) is 43.3 Å². The number of fused-ring (bicyclic) bond motifs is 1. The highest BCUT2D eigenvalue weighted by molar-refractivity contribution is 5.88. The monoisotopic (exact) mass is 272 g/mol. The molecule has 0 aliphatic carbocycles. The maximum atomic E-state index is 5.51. The van der Waals surface area contributed by atoms with Crippen molar-refractivity contribution in [1.29, 1.82) is 0 Å². The summed E-state index contributed by atoms with van der Waals surface area (Å²) in [6.07, 6.45) is 1.82. The smallest absolute Gasteiger partial charge is 0.147 e. The molecule has 4 heteroatoms. The molecule has 0 spiro atoms. The molecule has 0 N–H and O–H groups in total. The van der Waals surface area contributed by atoms with Crippen molar-refractivity contribution in [3.8, 4) is 5.75 Å². The minimum Gasteiger partial charge on any atom is -0.494 e. The van der Waals surface area contributed by atoms with Crippen molar-refractivity contribution < 1.29 is 9.47 Å². The second kappa shape index (κ2) is 5.77. The normalized spacial score (nSPS) is 16.5. The molecule has 1 aliphatic rings. The molecule has 2 aromatic rings. The first-order chi connectivity index (χ1) is 9.79. The van der Waals surface area contributed by atoms with Gasteiger partial charge >= 0.3 is 0 Å². The van der Waals surface area contributed by atoms with Gasteiger partial charge in [-0.1, -0.05) is 12.1 Å². The molecule has 1 saturated heterocycles. The first-order valence-corrected chi connectivity index (χ1v) is 7.01. The van der Waals surface area contributed by atoms with E-state index in [2.05, 4.69) is 28.9 Å². The van der Waals surface area contributed by atoms with Crippen LogP contribution >= 0.6 is 0 Å². The van der Waals surface area contributed by atoms with E-state index in [-0.39, 0.29) is 0 Å². The molecule has 1 aromatic heterocycles. The van der Waals surface area contributed by atoms with Crippen LogP contribution in [-0.2, 0) is 11.3 Å². The molecule has 2 heterocycles. The van der Waals surface area contributed by atoms with Crippen molar-refractivity contribution >= 4 is 10.9 Å². The number of pyridine rings is 1. The molecule has 1 fully saturated rings. The molecule has 0 saturated carbocycles. The third kappa shape index (κ3) is 2.49. The van der Waals surface area contributed by atoms with Gasteiger partial charge in [0, 0.05) is 31.2 Å². The summed E-state index contributed by atoms with van der Waals surface area (Å²) >= 11 is 0. The van der Waals surface area contributed by atoms with E-state index in [0.29, 0.717) is 0 Å². The number of hydrogen-bond acceptors (Lipinski definition) is 4. The van der Waals surface area contributed by atoms with E-state index in [9.17, 15) is 0 Å². The number of benzene rings is 1. The lowest BCUT2D eigenvalue weighted by Gasteiger charge is -2.27. The fourth-order valence-corrected chi connectivity index (χ4v) is 2.83. The Morgan fingerprint density at radius 2 is 2.15 bits per heavy atom. The number of ether oxygens (including phenoxy) is 2. The predicted molar refractivity (Wildman–Crippen MR) is 79.1 cm³/mol. The van der Waals surface area contributed by atoms with Crippen LogP contribution in [0, 0.1) is 6.92 Å². The molecule has 1 aromatic carbocycles. The Kier molecular flexibility index (Phi) is 3.85. The Bertz CT molecular complexity index is 607. The van der Waals surface area contributed by atoms with Crippen molar-refractivity contribution in [1.82, 2.24) is 9.88 Å². The average molecular weight is 272 g/mol. The van der Waals surface area contributed by atoms with Gasteiger partial charge in [-0.25, -0.2) is 0 Å². The Hall–Kier alpha value is -1.65. The molecule has 0 bridgehead atoms. The van der Waals surface area contributed by atoms with Gasteiger partial charge in [0.15, 0.2) is 0 Å². The summed E-state index contributed by atoms with van der Waals surface area (Å²) < 4.78 is 10.9. The van der Waals surface area contributed by atoms with Crippen molar-refractivity contribution in [2.45, 2.75) is 13.5 Å². The zero-order chi connectivity index (χ0) is 13.9. The lowest BCUT2D eigenvalue weighted by atomic mass is 10.0. The molecule has 1 aliphatic heterocycles. The fourth-order valence-electron chi connectivity index (χ4n) is 2.83. The average Bonchev–Trinajstić information content (AvgIpc) is 2.49. The Morgan fingerprint density at radius 1 is 1.35 bits per heavy atom. The van der Waals surface area contributed by atoms with Crippen LogP contribution < -0.4 is 4.74 Å². The van der Waals surface area contributed by atoms with Gasteiger partial charge < -0.3 is 9.47 Å². The number of methoxy groups -OCH3 is 1. The summed E-state index contributed by atoms with van der Waals surface area (Å²) in [5.41, 5.74) is 3.41. The van der Waals surface area contributed by atoms with E-state index in [0.717, 1.165) is 49.7 Å². The van der Waals surface area contributed by atoms with E-state index in [1.54, 1.807) is 7.11 Å². The number of nitrogens with zero attached hydrogens (tertiary/aromatic N) is 2. The molecular formula is C16H20N2O2. The Balaban J connectivity index is 2.01. The number of aromatic nitrogens is 1. The summed E-state index contributed by atoms with van der Waals surface area (Å²) in [5.74, 6) is 0.881. The second-order valence-corrected chi connectivity index (χ2v) is 5.17. The van der Waals surface area contributed by atoms with E-state index in [4.69, 9.17) is 9.47 Å². The number of hydrogen-bond donors (Lipinski definition) is 0. The second-order valence-electron chi connectivity index (χ2n) is 5.17. The maximum Gasteiger partial charge on any atom is 0.147 e. The van der Waals surface area contributed by atoms with Crippen LogP contribution in [0.15, 0.2) is 24.4 Å². The van der Waals surface area contributed by atoms with Crippen molar-refractivity contribution in [2.75, 3.05) is 33.4 Å². The summed E-state index contributed by atoms with van der Waals surface area (Å²) in [7, 11) is 1.71. The maximum absolute atomic E-state index is 5.51. The Morgan fingerprint density at radius 3 is 2.90 bits per heavy atom. The van der Waals surface area contributed by atoms with Gasteiger partial charge in [-0.15, -0.1) is 0 Å². The van der Waals surface area contributed by atoms with E-state index >= 15 is 0 Å². The zero-order valence-corrected chi connectivity index (χ0v) is 12.1. The standard InChI is InChI=1S/C16H20N2O2/c1-12-10-13(11-18-6-8-20-9-7-18)14-4-3-5-17-15(14)16(12)19-2/h3-5,10H,6-9,11H2,1-2H3. The number of rotatable bonds is 3. The molecule has 0 unspecified atom stereocenters.